The van der Waals surface area contributed by atoms with E-state index in [-0.39, 0.29) is 36.2 Å². The first kappa shape index (κ1) is 31.6. The monoisotopic (exact) mass is 604 g/mol. The highest BCUT2D eigenvalue weighted by molar-refractivity contribution is 5.89. The lowest BCUT2D eigenvalue weighted by Gasteiger charge is -2.65. The highest BCUT2D eigenvalue weighted by atomic mass is 16.6. The molecular formula is C31H40O12. The molecular weight excluding hydrogens is 564 g/mol. The number of hydrogen-bond acceptors (Lipinski definition) is 12. The van der Waals surface area contributed by atoms with Gasteiger partial charge in [-0.2, -0.15) is 0 Å². The summed E-state index contributed by atoms with van der Waals surface area (Å²) in [5.41, 5.74) is -6.86. The minimum absolute atomic E-state index is 0.0319. The van der Waals surface area contributed by atoms with Gasteiger partial charge in [-0.1, -0.05) is 18.2 Å². The molecule has 1 saturated heterocycles. The van der Waals surface area contributed by atoms with E-state index in [2.05, 4.69) is 0 Å². The number of aliphatic hydroxyl groups is 5. The predicted octanol–water partition coefficient (Wildman–Crippen LogP) is 0.417. The average Bonchev–Trinajstić information content (AvgIpc) is 3.17. The van der Waals surface area contributed by atoms with Crippen molar-refractivity contribution in [1.29, 1.82) is 0 Å². The summed E-state index contributed by atoms with van der Waals surface area (Å²) in [6.45, 7) is 5.84. The van der Waals surface area contributed by atoms with E-state index in [4.69, 9.17) is 18.9 Å². The summed E-state index contributed by atoms with van der Waals surface area (Å²) in [7, 11) is 0. The predicted molar refractivity (Wildman–Crippen MR) is 147 cm³/mol. The molecule has 236 valence electrons. The Hall–Kier alpha value is -2.87. The number of carbonyl (C=O) groups excluding carboxylic acids is 3. The smallest absolute Gasteiger partial charge is 0.338 e. The van der Waals surface area contributed by atoms with Gasteiger partial charge < -0.3 is 44.5 Å². The van der Waals surface area contributed by atoms with Crippen LogP contribution < -0.4 is 0 Å². The van der Waals surface area contributed by atoms with Crippen LogP contribution in [-0.2, 0) is 28.5 Å². The molecule has 12 heteroatoms. The molecule has 0 spiro atoms. The van der Waals surface area contributed by atoms with Crippen molar-refractivity contribution in [2.75, 3.05) is 13.2 Å². The van der Waals surface area contributed by atoms with Crippen molar-refractivity contribution in [3.63, 3.8) is 0 Å². The van der Waals surface area contributed by atoms with Crippen LogP contribution in [0, 0.1) is 16.7 Å². The second-order valence-corrected chi connectivity index (χ2v) is 12.9. The summed E-state index contributed by atoms with van der Waals surface area (Å²) < 4.78 is 23.6. The molecule has 0 aromatic heterocycles. The van der Waals surface area contributed by atoms with E-state index >= 15 is 0 Å². The first-order chi connectivity index (χ1) is 20.0. The molecule has 1 aliphatic heterocycles. The lowest BCUT2D eigenvalue weighted by Crippen LogP contribution is -2.80. The molecule has 4 aliphatic rings. The summed E-state index contributed by atoms with van der Waals surface area (Å²) >= 11 is 0. The first-order valence-electron chi connectivity index (χ1n) is 14.4. The van der Waals surface area contributed by atoms with Gasteiger partial charge in [-0.3, -0.25) is 9.59 Å². The van der Waals surface area contributed by atoms with Crippen molar-refractivity contribution in [3.8, 4) is 0 Å². The van der Waals surface area contributed by atoms with Crippen LogP contribution in [-0.4, -0.2) is 104 Å². The van der Waals surface area contributed by atoms with Gasteiger partial charge >= 0.3 is 17.9 Å². The van der Waals surface area contributed by atoms with Crippen LogP contribution in [0.5, 0.6) is 0 Å². The van der Waals surface area contributed by atoms with Crippen LogP contribution in [0.1, 0.15) is 57.8 Å². The quantitative estimate of drug-likeness (QED) is 0.171. The largest absolute Gasteiger partial charge is 0.465 e. The number of hydrogen-bond donors (Lipinski definition) is 5. The number of benzene rings is 1. The van der Waals surface area contributed by atoms with E-state index in [1.165, 1.54) is 32.9 Å². The van der Waals surface area contributed by atoms with Gasteiger partial charge in [-0.25, -0.2) is 4.79 Å². The summed E-state index contributed by atoms with van der Waals surface area (Å²) in [6, 6.07) is 8.00. The van der Waals surface area contributed by atoms with Crippen molar-refractivity contribution < 1.29 is 58.9 Å². The maximum absolute atomic E-state index is 13.9. The zero-order chi connectivity index (χ0) is 31.7. The minimum Gasteiger partial charge on any atom is -0.465 e. The molecule has 5 rings (SSSR count). The Balaban J connectivity index is 1.88. The molecule has 0 bridgehead atoms. The second-order valence-electron chi connectivity index (χ2n) is 12.9. The SMILES string of the molecule is CC(=O)OC[C@@]12C([C@H](OC(=O)c3ccccc3)[C@]3(C(C)(C)O)C[C@H](O)C(C)=C3[C@@H](O)[C@@H]1O)[C@]1(OC(C)=O)CO[C@@H]1C[C@@H]2O. The third kappa shape index (κ3) is 4.45. The molecule has 1 aromatic carbocycles. The van der Waals surface area contributed by atoms with Gasteiger partial charge in [0, 0.05) is 20.3 Å². The van der Waals surface area contributed by atoms with Gasteiger partial charge in [0.25, 0.3) is 0 Å². The molecule has 1 heterocycles. The van der Waals surface area contributed by atoms with Crippen LogP contribution in [0.15, 0.2) is 41.5 Å². The molecule has 3 fully saturated rings. The zero-order valence-electron chi connectivity index (χ0n) is 24.9. The first-order valence-corrected chi connectivity index (χ1v) is 14.4. The average molecular weight is 605 g/mol. The van der Waals surface area contributed by atoms with Crippen LogP contribution in [0.3, 0.4) is 0 Å². The van der Waals surface area contributed by atoms with Crippen LogP contribution in [0.25, 0.3) is 0 Å². The standard InChI is InChI=1S/C31H40O12/c1-15-19(34)12-30(28(4,5)39)22(15)23(36)25(37)29(13-40-16(2)32)20(35)11-21-31(14-41-21,43-17(3)33)24(29)26(30)42-27(38)18-9-7-6-8-10-18/h6-10,19-21,23-26,34-37,39H,11-14H2,1-5H3/t19-,20-,21+,23+,24?,25-,26-,29+,30-,31-/m0/s1. The highest BCUT2D eigenvalue weighted by Gasteiger charge is 2.80. The molecule has 1 unspecified atom stereocenters. The highest BCUT2D eigenvalue weighted by Crippen LogP contribution is 2.67. The minimum atomic E-state index is -2.00. The Morgan fingerprint density at radius 1 is 1.05 bits per heavy atom. The van der Waals surface area contributed by atoms with E-state index in [1.54, 1.807) is 25.1 Å². The Labute approximate surface area is 249 Å². The molecule has 5 N–H and O–H groups in total. The molecule has 2 saturated carbocycles. The van der Waals surface area contributed by atoms with Crippen LogP contribution in [0.4, 0.5) is 0 Å². The van der Waals surface area contributed by atoms with Crippen LogP contribution in [0.2, 0.25) is 0 Å². The third-order valence-electron chi connectivity index (χ3n) is 10.3. The normalized spacial score (nSPS) is 40.3. The number of carbonyl (C=O) groups is 3. The van der Waals surface area contributed by atoms with E-state index in [9.17, 15) is 39.9 Å². The number of esters is 3. The number of rotatable bonds is 6. The lowest BCUT2D eigenvalue weighted by molar-refractivity contribution is -0.358. The lowest BCUT2D eigenvalue weighted by atomic mass is 9.49. The summed E-state index contributed by atoms with van der Waals surface area (Å²) in [6.07, 6.45) is -9.39. The van der Waals surface area contributed by atoms with Gasteiger partial charge in [-0.15, -0.1) is 0 Å². The van der Waals surface area contributed by atoms with Gasteiger partial charge in [0.05, 0.1) is 52.8 Å². The Morgan fingerprint density at radius 2 is 1.70 bits per heavy atom. The van der Waals surface area contributed by atoms with Crippen molar-refractivity contribution in [1.82, 2.24) is 0 Å². The molecule has 0 amide bonds. The summed E-state index contributed by atoms with van der Waals surface area (Å²) in [4.78, 5) is 38.7. The van der Waals surface area contributed by atoms with E-state index < -0.39 is 89.1 Å². The fourth-order valence-electron chi connectivity index (χ4n) is 8.31. The second kappa shape index (κ2) is 10.6. The fourth-order valence-corrected chi connectivity index (χ4v) is 8.31. The van der Waals surface area contributed by atoms with Gasteiger partial charge in [-0.05, 0) is 50.5 Å². The van der Waals surface area contributed by atoms with E-state index in [0.29, 0.717) is 0 Å². The van der Waals surface area contributed by atoms with Gasteiger partial charge in [0.15, 0.2) is 5.60 Å². The summed E-state index contributed by atoms with van der Waals surface area (Å²) in [5.74, 6) is -3.73. The number of aliphatic hydroxyl groups excluding tert-OH is 4. The van der Waals surface area contributed by atoms with Crippen molar-refractivity contribution in [3.05, 3.63) is 47.0 Å². The van der Waals surface area contributed by atoms with Gasteiger partial charge in [0.2, 0.25) is 0 Å². The molecule has 3 aliphatic carbocycles. The molecule has 43 heavy (non-hydrogen) atoms. The fraction of sp³-hybridized carbons (Fsp3) is 0.645. The molecule has 1 aromatic rings. The van der Waals surface area contributed by atoms with Crippen molar-refractivity contribution >= 4 is 17.9 Å². The van der Waals surface area contributed by atoms with Crippen LogP contribution >= 0.6 is 0 Å². The Morgan fingerprint density at radius 3 is 2.23 bits per heavy atom. The maximum atomic E-state index is 13.9. The molecule has 10 atom stereocenters. The maximum Gasteiger partial charge on any atom is 0.338 e. The van der Waals surface area contributed by atoms with Crippen molar-refractivity contribution in [2.24, 2.45) is 16.7 Å². The Bertz CT molecular complexity index is 1320. The Kier molecular flexibility index (Phi) is 7.81. The van der Waals surface area contributed by atoms with Crippen molar-refractivity contribution in [2.45, 2.75) is 95.3 Å². The van der Waals surface area contributed by atoms with Gasteiger partial charge in [0.1, 0.15) is 24.9 Å². The summed E-state index contributed by atoms with van der Waals surface area (Å²) in [5, 5.41) is 59.2. The van der Waals surface area contributed by atoms with E-state index in [0.717, 1.165) is 6.92 Å². The number of ether oxygens (including phenoxy) is 4. The third-order valence-corrected chi connectivity index (χ3v) is 10.3. The molecule has 0 radical (unpaired) electrons. The topological polar surface area (TPSA) is 189 Å². The zero-order valence-corrected chi connectivity index (χ0v) is 24.9. The number of fused-ring (bicyclic) bond motifs is 4. The van der Waals surface area contributed by atoms with E-state index in [1.807, 2.05) is 0 Å². The molecule has 12 nitrogen and oxygen atoms in total.